The second kappa shape index (κ2) is 14.2. The molecule has 2 aliphatic heterocycles. The number of likely N-dealkylation sites (tertiary alicyclic amines) is 1. The van der Waals surface area contributed by atoms with Gasteiger partial charge in [-0.15, -0.1) is 0 Å². The van der Waals surface area contributed by atoms with Gasteiger partial charge in [-0.05, 0) is 80.1 Å². The summed E-state index contributed by atoms with van der Waals surface area (Å²) in [5.74, 6) is -1.24. The fourth-order valence-corrected chi connectivity index (χ4v) is 6.75. The SMILES string of the molecule is CCCC(CCC)N(C(=O)CN1CC(c2ccc3c(c2)OCO3)C(C(=O)O)C1CCc1ccncn1)c1ccc(F)c(C)c1. The third-order valence-electron chi connectivity index (χ3n) is 8.83. The van der Waals surface area contributed by atoms with Gasteiger partial charge in [0.2, 0.25) is 12.7 Å². The molecule has 0 spiro atoms. The van der Waals surface area contributed by atoms with Crippen molar-refractivity contribution in [2.45, 2.75) is 77.3 Å². The molecular formula is C34H41FN4O5. The molecular weight excluding hydrogens is 563 g/mol. The standard InChI is InChI=1S/C34H41FN4O5/c1-4-6-25(7-5-2)39(26-10-11-28(35)22(3)16-26)32(40)19-38-18-27(23-8-13-30-31(17-23)44-21-43-30)33(34(41)42)29(38)12-9-24-14-15-36-20-37-24/h8,10-11,13-17,20,25,27,29,33H,4-7,9,12,18-19,21H2,1-3H3,(H,41,42). The van der Waals surface area contributed by atoms with Crippen LogP contribution >= 0.6 is 0 Å². The summed E-state index contributed by atoms with van der Waals surface area (Å²) in [5.41, 5.74) is 2.80. The van der Waals surface area contributed by atoms with E-state index in [1.54, 1.807) is 25.3 Å². The van der Waals surface area contributed by atoms with Crippen LogP contribution < -0.4 is 14.4 Å². The lowest BCUT2D eigenvalue weighted by molar-refractivity contribution is -0.143. The predicted octanol–water partition coefficient (Wildman–Crippen LogP) is 5.76. The summed E-state index contributed by atoms with van der Waals surface area (Å²) < 4.78 is 25.4. The molecule has 0 radical (unpaired) electrons. The second-order valence-corrected chi connectivity index (χ2v) is 11.7. The lowest BCUT2D eigenvalue weighted by Gasteiger charge is -2.35. The van der Waals surface area contributed by atoms with Crippen molar-refractivity contribution in [2.24, 2.45) is 5.92 Å². The Balaban J connectivity index is 1.49. The number of nitrogens with zero attached hydrogens (tertiary/aromatic N) is 4. The van der Waals surface area contributed by atoms with Gasteiger partial charge in [-0.3, -0.25) is 14.5 Å². The van der Waals surface area contributed by atoms with Crippen molar-refractivity contribution < 1.29 is 28.6 Å². The largest absolute Gasteiger partial charge is 0.481 e. The minimum absolute atomic E-state index is 0.0413. The van der Waals surface area contributed by atoms with Gasteiger partial charge in [0.15, 0.2) is 11.5 Å². The zero-order valence-electron chi connectivity index (χ0n) is 25.6. The number of aryl methyl sites for hydroxylation is 2. The van der Waals surface area contributed by atoms with E-state index in [-0.39, 0.29) is 37.0 Å². The Morgan fingerprint density at radius 2 is 1.86 bits per heavy atom. The number of carbonyl (C=O) groups excluding carboxylic acids is 1. The molecule has 1 fully saturated rings. The number of halogens is 1. The molecule has 3 aromatic rings. The average molecular weight is 605 g/mol. The number of hydrogen-bond donors (Lipinski definition) is 1. The lowest BCUT2D eigenvalue weighted by Crippen LogP contribution is -2.48. The number of aromatic nitrogens is 2. The summed E-state index contributed by atoms with van der Waals surface area (Å²) in [6.07, 6.45) is 7.62. The van der Waals surface area contributed by atoms with Crippen LogP contribution in [0.3, 0.4) is 0 Å². The molecule has 5 rings (SSSR count). The van der Waals surface area contributed by atoms with Crippen molar-refractivity contribution >= 4 is 17.6 Å². The first-order chi connectivity index (χ1) is 21.3. The molecule has 2 aromatic carbocycles. The zero-order valence-corrected chi connectivity index (χ0v) is 25.6. The van der Waals surface area contributed by atoms with Crippen LogP contribution in [-0.4, -0.2) is 63.8 Å². The smallest absolute Gasteiger partial charge is 0.308 e. The van der Waals surface area contributed by atoms with Crippen molar-refractivity contribution in [3.05, 3.63) is 77.6 Å². The number of aliphatic carboxylic acids is 1. The molecule has 1 saturated heterocycles. The van der Waals surface area contributed by atoms with Crippen LogP contribution in [0.2, 0.25) is 0 Å². The second-order valence-electron chi connectivity index (χ2n) is 11.7. The van der Waals surface area contributed by atoms with Crippen molar-refractivity contribution in [3.63, 3.8) is 0 Å². The van der Waals surface area contributed by atoms with Gasteiger partial charge in [0.05, 0.1) is 12.5 Å². The molecule has 0 bridgehead atoms. The number of anilines is 1. The first-order valence-corrected chi connectivity index (χ1v) is 15.5. The van der Waals surface area contributed by atoms with Gasteiger partial charge in [0, 0.05) is 42.1 Å². The van der Waals surface area contributed by atoms with E-state index in [9.17, 15) is 19.1 Å². The van der Waals surface area contributed by atoms with E-state index >= 15 is 0 Å². The number of carbonyl (C=O) groups is 2. The zero-order chi connectivity index (χ0) is 31.2. The normalized spacial score (nSPS) is 19.4. The minimum Gasteiger partial charge on any atom is -0.481 e. The monoisotopic (exact) mass is 604 g/mol. The molecule has 2 aliphatic rings. The fraction of sp³-hybridized carbons (Fsp3) is 0.471. The lowest BCUT2D eigenvalue weighted by atomic mass is 9.83. The summed E-state index contributed by atoms with van der Waals surface area (Å²) in [6, 6.07) is 11.7. The Morgan fingerprint density at radius 1 is 1.09 bits per heavy atom. The Hall–Kier alpha value is -4.05. The quantitative estimate of drug-likeness (QED) is 0.263. The van der Waals surface area contributed by atoms with Gasteiger partial charge in [0.1, 0.15) is 12.1 Å². The molecule has 9 nitrogen and oxygen atoms in total. The van der Waals surface area contributed by atoms with E-state index in [2.05, 4.69) is 23.8 Å². The summed E-state index contributed by atoms with van der Waals surface area (Å²) in [4.78, 5) is 39.5. The number of ether oxygens (including phenoxy) is 2. The highest BCUT2D eigenvalue weighted by atomic mass is 19.1. The van der Waals surface area contributed by atoms with Gasteiger partial charge < -0.3 is 19.5 Å². The van der Waals surface area contributed by atoms with E-state index in [4.69, 9.17) is 9.47 Å². The van der Waals surface area contributed by atoms with Gasteiger partial charge in [-0.25, -0.2) is 14.4 Å². The van der Waals surface area contributed by atoms with Crippen LogP contribution in [0.5, 0.6) is 11.5 Å². The molecule has 0 aliphatic carbocycles. The van der Waals surface area contributed by atoms with Gasteiger partial charge in [-0.1, -0.05) is 32.8 Å². The highest BCUT2D eigenvalue weighted by Crippen LogP contribution is 2.43. The highest BCUT2D eigenvalue weighted by Gasteiger charge is 2.47. The third kappa shape index (κ3) is 6.85. The highest BCUT2D eigenvalue weighted by molar-refractivity contribution is 5.95. The molecule has 1 aromatic heterocycles. The fourth-order valence-electron chi connectivity index (χ4n) is 6.75. The van der Waals surface area contributed by atoms with Gasteiger partial charge in [-0.2, -0.15) is 0 Å². The van der Waals surface area contributed by atoms with Crippen LogP contribution in [0, 0.1) is 18.7 Å². The Morgan fingerprint density at radius 3 is 2.55 bits per heavy atom. The number of fused-ring (bicyclic) bond motifs is 1. The van der Waals surface area contributed by atoms with Crippen LogP contribution in [0.1, 0.15) is 68.7 Å². The molecule has 44 heavy (non-hydrogen) atoms. The van der Waals surface area contributed by atoms with E-state index < -0.39 is 17.9 Å². The van der Waals surface area contributed by atoms with Crippen molar-refractivity contribution in [1.82, 2.24) is 14.9 Å². The molecule has 3 heterocycles. The van der Waals surface area contributed by atoms with Crippen molar-refractivity contribution in [2.75, 3.05) is 24.8 Å². The maximum atomic E-state index is 14.4. The van der Waals surface area contributed by atoms with E-state index in [1.807, 2.05) is 34.1 Å². The Kier molecular flexibility index (Phi) is 10.1. The number of carboxylic acid groups (broad SMARTS) is 1. The Labute approximate surface area is 258 Å². The number of amides is 1. The first kappa shape index (κ1) is 31.4. The predicted molar refractivity (Wildman–Crippen MR) is 164 cm³/mol. The molecule has 1 amide bonds. The number of benzene rings is 2. The van der Waals surface area contributed by atoms with Crippen LogP contribution in [-0.2, 0) is 16.0 Å². The van der Waals surface area contributed by atoms with Gasteiger partial charge >= 0.3 is 5.97 Å². The molecule has 3 atom stereocenters. The van der Waals surface area contributed by atoms with Crippen LogP contribution in [0.25, 0.3) is 0 Å². The minimum atomic E-state index is -0.906. The van der Waals surface area contributed by atoms with Gasteiger partial charge in [0.25, 0.3) is 0 Å². The van der Waals surface area contributed by atoms with E-state index in [0.29, 0.717) is 42.1 Å². The number of carboxylic acids is 1. The maximum absolute atomic E-state index is 14.4. The molecule has 10 heteroatoms. The first-order valence-electron chi connectivity index (χ1n) is 15.5. The topological polar surface area (TPSA) is 105 Å². The van der Waals surface area contributed by atoms with Crippen LogP contribution in [0.15, 0.2) is 55.0 Å². The molecule has 3 unspecified atom stereocenters. The van der Waals surface area contributed by atoms with Crippen molar-refractivity contribution in [3.8, 4) is 11.5 Å². The van der Waals surface area contributed by atoms with Crippen LogP contribution in [0.4, 0.5) is 10.1 Å². The average Bonchev–Trinajstić information content (AvgIpc) is 3.63. The third-order valence-corrected chi connectivity index (χ3v) is 8.83. The summed E-state index contributed by atoms with van der Waals surface area (Å²) >= 11 is 0. The summed E-state index contributed by atoms with van der Waals surface area (Å²) in [7, 11) is 0. The van der Waals surface area contributed by atoms with E-state index in [1.165, 1.54) is 12.4 Å². The summed E-state index contributed by atoms with van der Waals surface area (Å²) in [5, 5.41) is 10.6. The number of rotatable bonds is 13. The summed E-state index contributed by atoms with van der Waals surface area (Å²) in [6.45, 7) is 6.45. The molecule has 0 saturated carbocycles. The van der Waals surface area contributed by atoms with E-state index in [0.717, 1.165) is 36.9 Å². The molecule has 234 valence electrons. The maximum Gasteiger partial charge on any atom is 0.308 e. The molecule has 1 N–H and O–H groups in total. The Bertz CT molecular complexity index is 1450. The van der Waals surface area contributed by atoms with Crippen molar-refractivity contribution in [1.29, 1.82) is 0 Å². The number of hydrogen-bond acceptors (Lipinski definition) is 7.